The number of sulfone groups is 1. The maximum atomic E-state index is 11.8. The molecule has 1 fully saturated rings. The van der Waals surface area contributed by atoms with Gasteiger partial charge in [0.2, 0.25) is 5.91 Å². The van der Waals surface area contributed by atoms with E-state index in [2.05, 4.69) is 5.32 Å². The van der Waals surface area contributed by atoms with Crippen LogP contribution >= 0.6 is 0 Å². The zero-order valence-corrected chi connectivity index (χ0v) is 12.1. The highest BCUT2D eigenvalue weighted by Crippen LogP contribution is 2.19. The first-order valence-electron chi connectivity index (χ1n) is 6.32. The van der Waals surface area contributed by atoms with Crippen molar-refractivity contribution >= 4 is 15.7 Å². The average molecular weight is 277 g/mol. The summed E-state index contributed by atoms with van der Waals surface area (Å²) in [5.41, 5.74) is -0.943. The van der Waals surface area contributed by atoms with Crippen LogP contribution < -0.4 is 5.32 Å². The zero-order valence-electron chi connectivity index (χ0n) is 11.3. The fourth-order valence-electron chi connectivity index (χ4n) is 2.38. The summed E-state index contributed by atoms with van der Waals surface area (Å²) in [6, 6.07) is 0. The molecule has 0 aromatic carbocycles. The first-order valence-corrected chi connectivity index (χ1v) is 8.14. The van der Waals surface area contributed by atoms with Crippen LogP contribution in [0.2, 0.25) is 0 Å². The van der Waals surface area contributed by atoms with E-state index in [1.54, 1.807) is 6.92 Å². The second-order valence-corrected chi connectivity index (χ2v) is 8.14. The molecular weight excluding hydrogens is 254 g/mol. The molecule has 0 saturated carbocycles. The first-order chi connectivity index (χ1) is 8.11. The fraction of sp³-hybridized carbons (Fsp3) is 0.917. The van der Waals surface area contributed by atoms with E-state index in [-0.39, 0.29) is 24.0 Å². The summed E-state index contributed by atoms with van der Waals surface area (Å²) in [5.74, 6) is -0.354. The molecule has 6 heteroatoms. The Kier molecular flexibility index (Phi) is 4.78. The van der Waals surface area contributed by atoms with E-state index in [0.717, 1.165) is 0 Å². The van der Waals surface area contributed by atoms with Gasteiger partial charge in [-0.05, 0) is 25.7 Å². The molecule has 0 aromatic heterocycles. The van der Waals surface area contributed by atoms with Crippen LogP contribution in [-0.2, 0) is 14.6 Å². The molecule has 1 aliphatic heterocycles. The normalized spacial score (nSPS) is 25.9. The van der Waals surface area contributed by atoms with Gasteiger partial charge in [-0.3, -0.25) is 4.79 Å². The molecule has 5 nitrogen and oxygen atoms in total. The van der Waals surface area contributed by atoms with Gasteiger partial charge < -0.3 is 10.4 Å². The lowest BCUT2D eigenvalue weighted by molar-refractivity contribution is -0.125. The minimum absolute atomic E-state index is 0.0643. The molecule has 1 aliphatic rings. The van der Waals surface area contributed by atoms with E-state index >= 15 is 0 Å². The third-order valence-corrected chi connectivity index (χ3v) is 4.86. The van der Waals surface area contributed by atoms with Gasteiger partial charge >= 0.3 is 0 Å². The summed E-state index contributed by atoms with van der Waals surface area (Å²) in [7, 11) is -3.04. The highest BCUT2D eigenvalue weighted by Gasteiger charge is 2.33. The topological polar surface area (TPSA) is 83.5 Å². The number of hydrogen-bond donors (Lipinski definition) is 2. The van der Waals surface area contributed by atoms with Gasteiger partial charge in [0.15, 0.2) is 9.84 Å². The monoisotopic (exact) mass is 277 g/mol. The number of carbonyl (C=O) groups is 1. The SMILES string of the molecule is CC(C)CC(C)(O)CNC(=O)C1CCS(=O)(=O)C1. The third-order valence-electron chi connectivity index (χ3n) is 3.09. The number of nitrogens with one attached hydrogen (secondary N) is 1. The smallest absolute Gasteiger partial charge is 0.224 e. The van der Waals surface area contributed by atoms with E-state index in [1.165, 1.54) is 0 Å². The van der Waals surface area contributed by atoms with Crippen molar-refractivity contribution in [2.45, 2.75) is 39.2 Å². The second kappa shape index (κ2) is 5.57. The van der Waals surface area contributed by atoms with Gasteiger partial charge in [-0.15, -0.1) is 0 Å². The van der Waals surface area contributed by atoms with E-state index in [0.29, 0.717) is 18.8 Å². The van der Waals surface area contributed by atoms with Gasteiger partial charge in [-0.25, -0.2) is 8.42 Å². The molecule has 0 spiro atoms. The molecule has 0 bridgehead atoms. The van der Waals surface area contributed by atoms with Crippen molar-refractivity contribution in [1.82, 2.24) is 5.32 Å². The van der Waals surface area contributed by atoms with Gasteiger partial charge in [-0.2, -0.15) is 0 Å². The fourth-order valence-corrected chi connectivity index (χ4v) is 4.12. The molecule has 2 N–H and O–H groups in total. The predicted octanol–water partition coefficient (Wildman–Crippen LogP) is 0.334. The van der Waals surface area contributed by atoms with Crippen LogP contribution in [0.25, 0.3) is 0 Å². The minimum atomic E-state index is -3.04. The van der Waals surface area contributed by atoms with Gasteiger partial charge in [-0.1, -0.05) is 13.8 Å². The van der Waals surface area contributed by atoms with Gasteiger partial charge in [0.05, 0.1) is 23.0 Å². The zero-order chi connectivity index (χ0) is 14.0. The molecule has 0 radical (unpaired) electrons. The lowest BCUT2D eigenvalue weighted by Crippen LogP contribution is -2.43. The molecule has 106 valence electrons. The van der Waals surface area contributed by atoms with Crippen molar-refractivity contribution < 1.29 is 18.3 Å². The Morgan fingerprint density at radius 1 is 1.50 bits per heavy atom. The van der Waals surface area contributed by atoms with Crippen molar-refractivity contribution in [1.29, 1.82) is 0 Å². The number of hydrogen-bond acceptors (Lipinski definition) is 4. The Morgan fingerprint density at radius 2 is 2.11 bits per heavy atom. The molecule has 0 aliphatic carbocycles. The summed E-state index contributed by atoms with van der Waals surface area (Å²) in [6.45, 7) is 5.85. The molecule has 1 amide bonds. The second-order valence-electron chi connectivity index (χ2n) is 5.91. The molecular formula is C12H23NO4S. The Labute approximate surface area is 109 Å². The van der Waals surface area contributed by atoms with Crippen LogP contribution in [0.5, 0.6) is 0 Å². The molecule has 0 aromatic rings. The standard InChI is InChI=1S/C12H23NO4S/c1-9(2)6-12(3,15)8-13-11(14)10-4-5-18(16,17)7-10/h9-10,15H,4-8H2,1-3H3,(H,13,14). The highest BCUT2D eigenvalue weighted by molar-refractivity contribution is 7.91. The van der Waals surface area contributed by atoms with Crippen LogP contribution in [0.1, 0.15) is 33.6 Å². The van der Waals surface area contributed by atoms with E-state index in [4.69, 9.17) is 0 Å². The predicted molar refractivity (Wildman–Crippen MR) is 69.8 cm³/mol. The number of rotatable bonds is 5. The van der Waals surface area contributed by atoms with Crippen molar-refractivity contribution in [3.05, 3.63) is 0 Å². The molecule has 1 saturated heterocycles. The molecule has 2 atom stereocenters. The van der Waals surface area contributed by atoms with E-state index < -0.39 is 21.4 Å². The largest absolute Gasteiger partial charge is 0.388 e. The summed E-state index contributed by atoms with van der Waals surface area (Å²) in [6.07, 6.45) is 0.983. The van der Waals surface area contributed by atoms with Crippen molar-refractivity contribution in [3.63, 3.8) is 0 Å². The number of carbonyl (C=O) groups excluding carboxylic acids is 1. The number of amides is 1. The minimum Gasteiger partial charge on any atom is -0.388 e. The molecule has 1 rings (SSSR count). The Bertz CT molecular complexity index is 400. The quantitative estimate of drug-likeness (QED) is 0.759. The van der Waals surface area contributed by atoms with Gasteiger partial charge in [0, 0.05) is 6.54 Å². The van der Waals surface area contributed by atoms with Crippen LogP contribution in [0.15, 0.2) is 0 Å². The number of aliphatic hydroxyl groups is 1. The lowest BCUT2D eigenvalue weighted by Gasteiger charge is -2.26. The molecule has 1 heterocycles. The van der Waals surface area contributed by atoms with E-state index in [9.17, 15) is 18.3 Å². The van der Waals surface area contributed by atoms with Crippen molar-refractivity contribution in [2.75, 3.05) is 18.1 Å². The Hall–Kier alpha value is -0.620. The van der Waals surface area contributed by atoms with Gasteiger partial charge in [0.1, 0.15) is 0 Å². The van der Waals surface area contributed by atoms with Crippen LogP contribution in [0.4, 0.5) is 0 Å². The maximum Gasteiger partial charge on any atom is 0.224 e. The average Bonchev–Trinajstić information content (AvgIpc) is 2.53. The van der Waals surface area contributed by atoms with Crippen molar-refractivity contribution in [3.8, 4) is 0 Å². The summed E-state index contributed by atoms with van der Waals surface area (Å²) >= 11 is 0. The summed E-state index contributed by atoms with van der Waals surface area (Å²) in [4.78, 5) is 11.8. The highest BCUT2D eigenvalue weighted by atomic mass is 32.2. The summed E-state index contributed by atoms with van der Waals surface area (Å²) in [5, 5.41) is 12.7. The Morgan fingerprint density at radius 3 is 2.56 bits per heavy atom. The van der Waals surface area contributed by atoms with Gasteiger partial charge in [0.25, 0.3) is 0 Å². The van der Waals surface area contributed by atoms with Crippen LogP contribution in [0.3, 0.4) is 0 Å². The first kappa shape index (κ1) is 15.4. The lowest BCUT2D eigenvalue weighted by atomic mass is 9.94. The molecule has 18 heavy (non-hydrogen) atoms. The molecule has 2 unspecified atom stereocenters. The third kappa shape index (κ3) is 4.94. The Balaban J connectivity index is 2.42. The maximum absolute atomic E-state index is 11.8. The van der Waals surface area contributed by atoms with Crippen LogP contribution in [-0.4, -0.2) is 43.1 Å². The van der Waals surface area contributed by atoms with Crippen LogP contribution in [0, 0.1) is 11.8 Å². The van der Waals surface area contributed by atoms with E-state index in [1.807, 2.05) is 13.8 Å². The summed E-state index contributed by atoms with van der Waals surface area (Å²) < 4.78 is 22.5. The van der Waals surface area contributed by atoms with Crippen molar-refractivity contribution in [2.24, 2.45) is 11.8 Å².